The zero-order chi connectivity index (χ0) is 22.2. The predicted octanol–water partition coefficient (Wildman–Crippen LogP) is 6.93. The number of thiazole rings is 1. The average Bonchev–Trinajstić information content (AvgIpc) is 3.25. The minimum absolute atomic E-state index is 0.245. The number of hydrogen-bond acceptors (Lipinski definition) is 6. The van der Waals surface area contributed by atoms with Crippen LogP contribution in [0.3, 0.4) is 0 Å². The summed E-state index contributed by atoms with van der Waals surface area (Å²) in [4.78, 5) is 4.49. The summed E-state index contributed by atoms with van der Waals surface area (Å²) >= 11 is 15.3. The van der Waals surface area contributed by atoms with Gasteiger partial charge in [-0.1, -0.05) is 30.7 Å². The number of benzene rings is 2. The molecule has 2 aromatic carbocycles. The Morgan fingerprint density at radius 2 is 2.00 bits per heavy atom. The van der Waals surface area contributed by atoms with Crippen LogP contribution in [-0.4, -0.2) is 23.7 Å². The number of ether oxygens (including phenoxy) is 2. The number of nitrogens with zero attached hydrogens (tertiary/aromatic N) is 2. The van der Waals surface area contributed by atoms with E-state index in [2.05, 4.69) is 30.1 Å². The van der Waals surface area contributed by atoms with Gasteiger partial charge in [0.15, 0.2) is 5.75 Å². The van der Waals surface area contributed by atoms with Gasteiger partial charge in [0.05, 0.1) is 16.5 Å². The number of nitriles is 1. The molecule has 4 nitrogen and oxygen atoms in total. The number of thioether (sulfide) groups is 1. The van der Waals surface area contributed by atoms with Crippen LogP contribution < -0.4 is 9.47 Å². The Bertz CT molecular complexity index is 1050. The first-order chi connectivity index (χ1) is 15.0. The topological polar surface area (TPSA) is 55.1 Å². The Hall–Kier alpha value is -1.91. The number of halogens is 2. The Morgan fingerprint density at radius 1 is 1.23 bits per heavy atom. The zero-order valence-corrected chi connectivity index (χ0v) is 20.4. The molecule has 0 saturated heterocycles. The van der Waals surface area contributed by atoms with Crippen molar-refractivity contribution in [3.8, 4) is 17.6 Å². The van der Waals surface area contributed by atoms with Gasteiger partial charge in [-0.2, -0.15) is 5.26 Å². The average molecular weight is 493 g/mol. The highest BCUT2D eigenvalue weighted by Gasteiger charge is 2.14. The van der Waals surface area contributed by atoms with Crippen molar-refractivity contribution in [2.75, 3.05) is 18.7 Å². The molecule has 1 aromatic heterocycles. The summed E-state index contributed by atoms with van der Waals surface area (Å²) in [5.74, 6) is 1.79. The Labute approximate surface area is 201 Å². The Kier molecular flexibility index (Phi) is 8.91. The minimum Gasteiger partial charge on any atom is -0.489 e. The number of hydrogen-bond donors (Lipinski definition) is 0. The second kappa shape index (κ2) is 11.6. The van der Waals surface area contributed by atoms with Gasteiger partial charge in [0.2, 0.25) is 0 Å². The predicted molar refractivity (Wildman–Crippen MR) is 129 cm³/mol. The second-order valence-electron chi connectivity index (χ2n) is 6.85. The smallest absolute Gasteiger partial charge is 0.155 e. The molecule has 0 bridgehead atoms. The van der Waals surface area contributed by atoms with Crippen molar-refractivity contribution in [2.45, 2.75) is 30.9 Å². The lowest BCUT2D eigenvalue weighted by atomic mass is 9.93. The fraction of sp³-hybridized carbons (Fsp3) is 0.304. The number of rotatable bonds is 10. The standard InChI is InChI=1S/C23H22Cl2N2O2S2/c1-15(9-16-10-18(12-26)23(20(25)11-16)28-8-7-24)17-3-5-19(6-4-17)29-13-21-27-22(30-2)14-31-21/h3-6,10-11,14-15H,7-9,13H2,1-2H3/t15-/m1/s1. The van der Waals surface area contributed by atoms with E-state index in [4.69, 9.17) is 32.7 Å². The highest BCUT2D eigenvalue weighted by atomic mass is 35.5. The van der Waals surface area contributed by atoms with Gasteiger partial charge in [0.1, 0.15) is 35.1 Å². The van der Waals surface area contributed by atoms with E-state index in [0.29, 0.717) is 35.4 Å². The van der Waals surface area contributed by atoms with E-state index in [9.17, 15) is 5.26 Å². The SMILES string of the molecule is CSc1csc(COc2ccc([C@H](C)Cc3cc(Cl)c(OCCCl)c(C#N)c3)cc2)n1. The summed E-state index contributed by atoms with van der Waals surface area (Å²) in [5.41, 5.74) is 2.60. The molecule has 1 atom stereocenters. The van der Waals surface area contributed by atoms with Crippen molar-refractivity contribution in [3.63, 3.8) is 0 Å². The summed E-state index contributed by atoms with van der Waals surface area (Å²) in [5, 5.41) is 13.9. The maximum Gasteiger partial charge on any atom is 0.155 e. The van der Waals surface area contributed by atoms with Crippen molar-refractivity contribution >= 4 is 46.3 Å². The molecule has 0 N–H and O–H groups in total. The normalized spacial score (nSPS) is 11.7. The van der Waals surface area contributed by atoms with Crippen LogP contribution in [0, 0.1) is 11.3 Å². The van der Waals surface area contributed by atoms with E-state index in [0.717, 1.165) is 27.8 Å². The third kappa shape index (κ3) is 6.54. The molecular weight excluding hydrogens is 471 g/mol. The van der Waals surface area contributed by atoms with E-state index >= 15 is 0 Å². The fourth-order valence-electron chi connectivity index (χ4n) is 3.10. The number of alkyl halides is 1. The van der Waals surface area contributed by atoms with Gasteiger partial charge >= 0.3 is 0 Å². The lowest BCUT2D eigenvalue weighted by Gasteiger charge is -2.15. The van der Waals surface area contributed by atoms with Crippen molar-refractivity contribution in [2.24, 2.45) is 0 Å². The van der Waals surface area contributed by atoms with E-state index < -0.39 is 0 Å². The molecule has 0 aliphatic rings. The molecule has 0 spiro atoms. The first-order valence-electron chi connectivity index (χ1n) is 9.66. The van der Waals surface area contributed by atoms with Gasteiger partial charge in [-0.05, 0) is 54.0 Å². The lowest BCUT2D eigenvalue weighted by molar-refractivity contribution is 0.305. The van der Waals surface area contributed by atoms with Gasteiger partial charge < -0.3 is 9.47 Å². The highest BCUT2D eigenvalue weighted by Crippen LogP contribution is 2.32. The molecule has 162 valence electrons. The van der Waals surface area contributed by atoms with Gasteiger partial charge in [0, 0.05) is 5.38 Å². The van der Waals surface area contributed by atoms with Crippen LogP contribution in [0.15, 0.2) is 46.8 Å². The van der Waals surface area contributed by atoms with E-state index in [1.54, 1.807) is 23.1 Å². The molecular formula is C23H22Cl2N2O2S2. The second-order valence-corrected chi connectivity index (χ2v) is 9.40. The summed E-state index contributed by atoms with van der Waals surface area (Å²) in [7, 11) is 0. The van der Waals surface area contributed by atoms with Gasteiger partial charge in [0.25, 0.3) is 0 Å². The van der Waals surface area contributed by atoms with Gasteiger partial charge in [-0.15, -0.1) is 34.7 Å². The van der Waals surface area contributed by atoms with Crippen LogP contribution in [0.1, 0.15) is 34.5 Å². The van der Waals surface area contributed by atoms with Crippen LogP contribution in [0.25, 0.3) is 0 Å². The summed E-state index contributed by atoms with van der Waals surface area (Å²) in [6, 6.07) is 14.0. The van der Waals surface area contributed by atoms with Crippen LogP contribution in [0.4, 0.5) is 0 Å². The monoisotopic (exact) mass is 492 g/mol. The van der Waals surface area contributed by atoms with Crippen molar-refractivity contribution in [1.82, 2.24) is 4.98 Å². The highest BCUT2D eigenvalue weighted by molar-refractivity contribution is 7.98. The third-order valence-corrected chi connectivity index (χ3v) is 6.67. The molecule has 1 heterocycles. The van der Waals surface area contributed by atoms with E-state index in [-0.39, 0.29) is 5.92 Å². The molecule has 0 amide bonds. The van der Waals surface area contributed by atoms with Crippen LogP contribution >= 0.6 is 46.3 Å². The van der Waals surface area contributed by atoms with Crippen molar-refractivity contribution in [1.29, 1.82) is 5.26 Å². The molecule has 0 aliphatic heterocycles. The first-order valence-corrected chi connectivity index (χ1v) is 12.7. The molecule has 0 aliphatic carbocycles. The maximum absolute atomic E-state index is 9.46. The minimum atomic E-state index is 0.245. The number of aromatic nitrogens is 1. The van der Waals surface area contributed by atoms with E-state index in [1.165, 1.54) is 5.56 Å². The van der Waals surface area contributed by atoms with Crippen molar-refractivity contribution in [3.05, 3.63) is 68.5 Å². The van der Waals surface area contributed by atoms with Gasteiger partial charge in [-0.3, -0.25) is 0 Å². The molecule has 8 heteroatoms. The maximum atomic E-state index is 9.46. The lowest BCUT2D eigenvalue weighted by Crippen LogP contribution is -2.03. The summed E-state index contributed by atoms with van der Waals surface area (Å²) < 4.78 is 11.4. The summed E-state index contributed by atoms with van der Waals surface area (Å²) in [6.45, 7) is 2.92. The Morgan fingerprint density at radius 3 is 2.65 bits per heavy atom. The first kappa shape index (κ1) is 23.7. The molecule has 0 radical (unpaired) electrons. The van der Waals surface area contributed by atoms with Crippen LogP contribution in [0.2, 0.25) is 5.02 Å². The molecule has 0 unspecified atom stereocenters. The quantitative estimate of drug-likeness (QED) is 0.226. The van der Waals surface area contributed by atoms with E-state index in [1.807, 2.05) is 35.9 Å². The molecule has 31 heavy (non-hydrogen) atoms. The molecule has 3 rings (SSSR count). The Balaban J connectivity index is 1.63. The largest absolute Gasteiger partial charge is 0.489 e. The molecule has 0 saturated carbocycles. The van der Waals surface area contributed by atoms with Crippen molar-refractivity contribution < 1.29 is 9.47 Å². The third-order valence-electron chi connectivity index (χ3n) is 4.64. The van der Waals surface area contributed by atoms with Crippen LogP contribution in [-0.2, 0) is 13.0 Å². The molecule has 0 fully saturated rings. The molecule has 3 aromatic rings. The zero-order valence-electron chi connectivity index (χ0n) is 17.2. The van der Waals surface area contributed by atoms with Gasteiger partial charge in [-0.25, -0.2) is 4.98 Å². The summed E-state index contributed by atoms with van der Waals surface area (Å²) in [6.07, 6.45) is 2.76. The fourth-order valence-corrected chi connectivity index (χ4v) is 4.83. The van der Waals surface area contributed by atoms with Crippen LogP contribution in [0.5, 0.6) is 11.5 Å².